The Labute approximate surface area is 106 Å². The number of nitrogens with one attached hydrogen (secondary N) is 1. The lowest BCUT2D eigenvalue weighted by atomic mass is 9.74. The lowest BCUT2D eigenvalue weighted by Crippen LogP contribution is -2.47. The Morgan fingerprint density at radius 1 is 1.29 bits per heavy atom. The largest absolute Gasteiger partial charge is 0.385 e. The number of hydrogen-bond donors (Lipinski definition) is 1. The Balaban J connectivity index is 2.37. The molecular weight excluding hydrogens is 214 g/mol. The van der Waals surface area contributed by atoms with Crippen LogP contribution in [0.15, 0.2) is 0 Å². The molecular formula is C14H29NO2. The van der Waals surface area contributed by atoms with Gasteiger partial charge < -0.3 is 14.8 Å². The minimum Gasteiger partial charge on any atom is -0.385 e. The van der Waals surface area contributed by atoms with Gasteiger partial charge in [0, 0.05) is 26.4 Å². The molecule has 0 heterocycles. The summed E-state index contributed by atoms with van der Waals surface area (Å²) in [5.74, 6) is 0. The summed E-state index contributed by atoms with van der Waals surface area (Å²) < 4.78 is 11.1. The molecule has 3 heteroatoms. The van der Waals surface area contributed by atoms with E-state index in [9.17, 15) is 0 Å². The van der Waals surface area contributed by atoms with Crippen LogP contribution in [0.4, 0.5) is 0 Å². The SMILES string of the molecule is CCNC1CCC(C)(C)CC1OCCCOC. The van der Waals surface area contributed by atoms with Crippen molar-refractivity contribution in [2.75, 3.05) is 26.9 Å². The van der Waals surface area contributed by atoms with E-state index in [-0.39, 0.29) is 0 Å². The molecule has 2 unspecified atom stereocenters. The van der Waals surface area contributed by atoms with Crippen LogP contribution < -0.4 is 5.32 Å². The van der Waals surface area contributed by atoms with Crippen LogP contribution in [0.5, 0.6) is 0 Å². The fourth-order valence-electron chi connectivity index (χ4n) is 2.63. The van der Waals surface area contributed by atoms with Gasteiger partial charge in [-0.3, -0.25) is 0 Å². The Morgan fingerprint density at radius 3 is 2.71 bits per heavy atom. The van der Waals surface area contributed by atoms with E-state index in [1.807, 2.05) is 0 Å². The van der Waals surface area contributed by atoms with Crippen LogP contribution in [-0.2, 0) is 9.47 Å². The summed E-state index contributed by atoms with van der Waals surface area (Å²) in [4.78, 5) is 0. The first-order valence-corrected chi connectivity index (χ1v) is 6.93. The van der Waals surface area contributed by atoms with E-state index in [0.29, 0.717) is 17.6 Å². The number of rotatable bonds is 7. The summed E-state index contributed by atoms with van der Waals surface area (Å²) in [6.45, 7) is 9.50. The summed E-state index contributed by atoms with van der Waals surface area (Å²) in [5, 5.41) is 3.56. The van der Waals surface area contributed by atoms with Crippen LogP contribution in [0.1, 0.15) is 46.5 Å². The van der Waals surface area contributed by atoms with Gasteiger partial charge in [-0.1, -0.05) is 20.8 Å². The summed E-state index contributed by atoms with van der Waals surface area (Å²) in [6, 6.07) is 0.538. The summed E-state index contributed by atoms with van der Waals surface area (Å²) in [6.07, 6.45) is 5.05. The maximum atomic E-state index is 6.04. The highest BCUT2D eigenvalue weighted by atomic mass is 16.5. The Bertz CT molecular complexity index is 206. The lowest BCUT2D eigenvalue weighted by molar-refractivity contribution is -0.0328. The Kier molecular flexibility index (Phi) is 6.45. The number of methoxy groups -OCH3 is 1. The van der Waals surface area contributed by atoms with Crippen molar-refractivity contribution < 1.29 is 9.47 Å². The third-order valence-corrected chi connectivity index (χ3v) is 3.63. The minimum atomic E-state index is 0.371. The number of ether oxygens (including phenoxy) is 2. The molecule has 1 aliphatic rings. The fourth-order valence-corrected chi connectivity index (χ4v) is 2.63. The second kappa shape index (κ2) is 7.34. The van der Waals surface area contributed by atoms with E-state index in [0.717, 1.165) is 32.6 Å². The molecule has 1 rings (SSSR count). The molecule has 17 heavy (non-hydrogen) atoms. The summed E-state index contributed by atoms with van der Waals surface area (Å²) in [7, 11) is 1.74. The fraction of sp³-hybridized carbons (Fsp3) is 1.00. The normalized spacial score (nSPS) is 28.2. The van der Waals surface area contributed by atoms with Crippen LogP contribution in [-0.4, -0.2) is 39.0 Å². The van der Waals surface area contributed by atoms with Gasteiger partial charge >= 0.3 is 0 Å². The molecule has 1 aliphatic carbocycles. The monoisotopic (exact) mass is 243 g/mol. The lowest BCUT2D eigenvalue weighted by Gasteiger charge is -2.40. The second-order valence-electron chi connectivity index (χ2n) is 5.83. The molecule has 0 aromatic heterocycles. The van der Waals surface area contributed by atoms with Crippen molar-refractivity contribution in [2.45, 2.75) is 58.6 Å². The van der Waals surface area contributed by atoms with E-state index in [1.54, 1.807) is 7.11 Å². The second-order valence-corrected chi connectivity index (χ2v) is 5.83. The highest BCUT2D eigenvalue weighted by Crippen LogP contribution is 2.36. The van der Waals surface area contributed by atoms with E-state index >= 15 is 0 Å². The first-order chi connectivity index (χ1) is 8.09. The van der Waals surface area contributed by atoms with Gasteiger partial charge in [-0.05, 0) is 37.6 Å². The van der Waals surface area contributed by atoms with E-state index in [1.165, 1.54) is 12.8 Å². The molecule has 0 saturated heterocycles. The summed E-state index contributed by atoms with van der Waals surface area (Å²) in [5.41, 5.74) is 0.428. The van der Waals surface area contributed by atoms with Crippen molar-refractivity contribution in [3.8, 4) is 0 Å². The predicted molar refractivity (Wildman–Crippen MR) is 71.3 cm³/mol. The molecule has 3 nitrogen and oxygen atoms in total. The van der Waals surface area contributed by atoms with Crippen LogP contribution in [0.3, 0.4) is 0 Å². The van der Waals surface area contributed by atoms with Crippen LogP contribution >= 0.6 is 0 Å². The maximum absolute atomic E-state index is 6.04. The standard InChI is InChI=1S/C14H29NO2/c1-5-15-12-7-8-14(2,3)11-13(12)17-10-6-9-16-4/h12-13,15H,5-11H2,1-4H3. The highest BCUT2D eigenvalue weighted by Gasteiger charge is 2.34. The van der Waals surface area contributed by atoms with Gasteiger partial charge in [-0.25, -0.2) is 0 Å². The summed E-state index contributed by atoms with van der Waals surface area (Å²) >= 11 is 0. The first kappa shape index (κ1) is 14.9. The van der Waals surface area contributed by atoms with Gasteiger partial charge in [-0.2, -0.15) is 0 Å². The van der Waals surface area contributed by atoms with Crippen molar-refractivity contribution in [3.63, 3.8) is 0 Å². The van der Waals surface area contributed by atoms with Crippen molar-refractivity contribution in [1.29, 1.82) is 0 Å². The molecule has 0 aromatic rings. The highest BCUT2D eigenvalue weighted by molar-refractivity contribution is 4.89. The molecule has 0 bridgehead atoms. The molecule has 0 amide bonds. The molecule has 102 valence electrons. The van der Waals surface area contributed by atoms with Gasteiger partial charge in [0.1, 0.15) is 0 Å². The van der Waals surface area contributed by atoms with Crippen molar-refractivity contribution in [2.24, 2.45) is 5.41 Å². The molecule has 0 aromatic carbocycles. The predicted octanol–water partition coefficient (Wildman–Crippen LogP) is 2.60. The molecule has 1 saturated carbocycles. The van der Waals surface area contributed by atoms with E-state index < -0.39 is 0 Å². The maximum Gasteiger partial charge on any atom is 0.0733 e. The molecule has 0 radical (unpaired) electrons. The van der Waals surface area contributed by atoms with Crippen molar-refractivity contribution >= 4 is 0 Å². The first-order valence-electron chi connectivity index (χ1n) is 6.93. The van der Waals surface area contributed by atoms with Crippen LogP contribution in [0, 0.1) is 5.41 Å². The van der Waals surface area contributed by atoms with Crippen molar-refractivity contribution in [1.82, 2.24) is 5.32 Å². The van der Waals surface area contributed by atoms with Crippen LogP contribution in [0.25, 0.3) is 0 Å². The van der Waals surface area contributed by atoms with E-state index in [4.69, 9.17) is 9.47 Å². The molecule has 0 spiro atoms. The zero-order valence-corrected chi connectivity index (χ0v) is 11.9. The number of hydrogen-bond acceptors (Lipinski definition) is 3. The molecule has 2 atom stereocenters. The van der Waals surface area contributed by atoms with Gasteiger partial charge in [0.15, 0.2) is 0 Å². The van der Waals surface area contributed by atoms with Gasteiger partial charge in [-0.15, -0.1) is 0 Å². The van der Waals surface area contributed by atoms with Crippen LogP contribution in [0.2, 0.25) is 0 Å². The van der Waals surface area contributed by atoms with Crippen molar-refractivity contribution in [3.05, 3.63) is 0 Å². The third-order valence-electron chi connectivity index (χ3n) is 3.63. The number of likely N-dealkylation sites (N-methyl/N-ethyl adjacent to an activating group) is 1. The average Bonchev–Trinajstić information content (AvgIpc) is 2.27. The topological polar surface area (TPSA) is 30.5 Å². The van der Waals surface area contributed by atoms with E-state index in [2.05, 4.69) is 26.1 Å². The molecule has 1 N–H and O–H groups in total. The molecule has 1 fully saturated rings. The smallest absolute Gasteiger partial charge is 0.0733 e. The quantitative estimate of drug-likeness (QED) is 0.697. The van der Waals surface area contributed by atoms with Gasteiger partial charge in [0.2, 0.25) is 0 Å². The Morgan fingerprint density at radius 2 is 2.06 bits per heavy atom. The van der Waals surface area contributed by atoms with Gasteiger partial charge in [0.25, 0.3) is 0 Å². The Hall–Kier alpha value is -0.120. The zero-order chi connectivity index (χ0) is 12.7. The third kappa shape index (κ3) is 5.36. The molecule has 0 aliphatic heterocycles. The zero-order valence-electron chi connectivity index (χ0n) is 11.9. The van der Waals surface area contributed by atoms with Gasteiger partial charge in [0.05, 0.1) is 6.10 Å². The minimum absolute atomic E-state index is 0.371. The average molecular weight is 243 g/mol.